The lowest BCUT2D eigenvalue weighted by atomic mass is 9.81. The summed E-state index contributed by atoms with van der Waals surface area (Å²) in [4.78, 5) is 0. The van der Waals surface area contributed by atoms with Gasteiger partial charge in [-0.1, -0.05) is 0 Å². The fourth-order valence-electron chi connectivity index (χ4n) is 6.28. The molecule has 2 heterocycles. The first-order valence-electron chi connectivity index (χ1n) is 13.5. The zero-order chi connectivity index (χ0) is 29.2. The largest absolute Gasteiger partial charge is 0.507 e. The molecule has 2 aliphatic rings. The number of methoxy groups -OCH3 is 4. The molecule has 9 nitrogen and oxygen atoms in total. The summed E-state index contributed by atoms with van der Waals surface area (Å²) in [5.74, 6) is 1.97. The highest BCUT2D eigenvalue weighted by Gasteiger charge is 2.34. The molecule has 3 N–H and O–H groups in total. The van der Waals surface area contributed by atoms with E-state index in [9.17, 15) is 15.3 Å². The van der Waals surface area contributed by atoms with Gasteiger partial charge in [-0.05, 0) is 49.1 Å². The molecule has 0 spiro atoms. The number of hydrogen-bond donors (Lipinski definition) is 3. The second kappa shape index (κ2) is 10.2. The summed E-state index contributed by atoms with van der Waals surface area (Å²) in [5.41, 5.74) is 4.11. The number of aromatic hydroxyl groups is 2. The fourth-order valence-corrected chi connectivity index (χ4v) is 6.28. The van der Waals surface area contributed by atoms with Crippen LogP contribution in [-0.4, -0.2) is 56.0 Å². The number of aliphatic hydroxyl groups is 1. The van der Waals surface area contributed by atoms with Crippen LogP contribution in [0.5, 0.6) is 34.5 Å². The van der Waals surface area contributed by atoms with Gasteiger partial charge in [0, 0.05) is 39.6 Å². The van der Waals surface area contributed by atoms with Crippen LogP contribution in [0.15, 0.2) is 24.3 Å². The standard InChI is InChI=1S/C32H34O9/c1-14-7-17-21(12-40-14)31(34)28-19(8-16(36-3)9-23(28)37-4)26(17)27-20-10-18-22(13-41-15(2)30(18)33)32(35)29(20)25(39-6)11-24(27)38-5/h8-11,14-15,30,33-35H,7,12-13H2,1-6H3/t14-,15-,30+/m0/s1. The zero-order valence-electron chi connectivity index (χ0n) is 24.0. The molecule has 9 heteroatoms. The van der Waals surface area contributed by atoms with Crippen molar-refractivity contribution in [3.05, 3.63) is 46.5 Å². The molecule has 0 amide bonds. The normalized spacial score (nSPS) is 20.0. The minimum Gasteiger partial charge on any atom is -0.507 e. The maximum absolute atomic E-state index is 11.6. The lowest BCUT2D eigenvalue weighted by Gasteiger charge is -2.31. The van der Waals surface area contributed by atoms with E-state index in [-0.39, 0.29) is 30.8 Å². The molecule has 4 aromatic carbocycles. The molecule has 6 rings (SSSR count). The van der Waals surface area contributed by atoms with E-state index in [0.717, 1.165) is 11.1 Å². The van der Waals surface area contributed by atoms with Crippen LogP contribution in [0.1, 0.15) is 42.2 Å². The highest BCUT2D eigenvalue weighted by molar-refractivity contribution is 6.15. The summed E-state index contributed by atoms with van der Waals surface area (Å²) in [6.07, 6.45) is -0.987. The van der Waals surface area contributed by atoms with Gasteiger partial charge in [-0.3, -0.25) is 0 Å². The van der Waals surface area contributed by atoms with Gasteiger partial charge in [0.05, 0.1) is 64.6 Å². The van der Waals surface area contributed by atoms with E-state index >= 15 is 0 Å². The van der Waals surface area contributed by atoms with Crippen molar-refractivity contribution in [2.45, 2.75) is 51.8 Å². The van der Waals surface area contributed by atoms with Gasteiger partial charge in [0.15, 0.2) is 0 Å². The molecule has 0 fully saturated rings. The Balaban J connectivity index is 1.86. The molecular weight excluding hydrogens is 528 g/mol. The van der Waals surface area contributed by atoms with Crippen molar-refractivity contribution in [3.8, 4) is 45.6 Å². The Morgan fingerprint density at radius 2 is 1.29 bits per heavy atom. The van der Waals surface area contributed by atoms with E-state index in [4.69, 9.17) is 28.4 Å². The van der Waals surface area contributed by atoms with E-state index in [0.29, 0.717) is 73.2 Å². The maximum Gasteiger partial charge on any atom is 0.134 e. The molecule has 0 saturated heterocycles. The Kier molecular flexibility index (Phi) is 6.76. The molecule has 0 bridgehead atoms. The van der Waals surface area contributed by atoms with E-state index in [2.05, 4.69) is 0 Å². The monoisotopic (exact) mass is 562 g/mol. The number of phenols is 2. The van der Waals surface area contributed by atoms with E-state index < -0.39 is 12.2 Å². The number of phenolic OH excluding ortho intramolecular Hbond substituents is 2. The lowest BCUT2D eigenvalue weighted by Crippen LogP contribution is -2.25. The molecule has 216 valence electrons. The zero-order valence-corrected chi connectivity index (χ0v) is 24.0. The molecule has 2 aliphatic heterocycles. The van der Waals surface area contributed by atoms with Gasteiger partial charge in [-0.25, -0.2) is 0 Å². The van der Waals surface area contributed by atoms with E-state index in [1.54, 1.807) is 40.4 Å². The highest BCUT2D eigenvalue weighted by atomic mass is 16.5. The topological polar surface area (TPSA) is 116 Å². The molecule has 0 radical (unpaired) electrons. The number of fused-ring (bicyclic) bond motifs is 4. The van der Waals surface area contributed by atoms with Crippen molar-refractivity contribution in [2.75, 3.05) is 28.4 Å². The third-order valence-corrected chi connectivity index (χ3v) is 8.40. The Morgan fingerprint density at radius 3 is 1.95 bits per heavy atom. The van der Waals surface area contributed by atoms with Crippen LogP contribution in [-0.2, 0) is 29.1 Å². The van der Waals surface area contributed by atoms with Gasteiger partial charge in [-0.15, -0.1) is 0 Å². The van der Waals surface area contributed by atoms with Crippen LogP contribution in [0, 0.1) is 0 Å². The smallest absolute Gasteiger partial charge is 0.134 e. The Bertz CT molecular complexity index is 1690. The van der Waals surface area contributed by atoms with Gasteiger partial charge >= 0.3 is 0 Å². The number of aliphatic hydroxyl groups excluding tert-OH is 1. The van der Waals surface area contributed by atoms with Crippen molar-refractivity contribution >= 4 is 21.5 Å². The van der Waals surface area contributed by atoms with Crippen LogP contribution in [0.3, 0.4) is 0 Å². The predicted octanol–water partition coefficient (Wildman–Crippen LogP) is 5.52. The third-order valence-electron chi connectivity index (χ3n) is 8.40. The highest BCUT2D eigenvalue weighted by Crippen LogP contribution is 2.55. The summed E-state index contributed by atoms with van der Waals surface area (Å²) in [5, 5.41) is 36.6. The summed E-state index contributed by atoms with van der Waals surface area (Å²) in [6, 6.07) is 7.23. The lowest BCUT2D eigenvalue weighted by molar-refractivity contribution is -0.0530. The van der Waals surface area contributed by atoms with Crippen LogP contribution in [0.2, 0.25) is 0 Å². The van der Waals surface area contributed by atoms with Crippen LogP contribution >= 0.6 is 0 Å². The molecule has 4 aromatic rings. The Labute approximate surface area is 237 Å². The molecule has 41 heavy (non-hydrogen) atoms. The second-order valence-electron chi connectivity index (χ2n) is 10.6. The summed E-state index contributed by atoms with van der Waals surface area (Å²) in [7, 11) is 6.23. The first kappa shape index (κ1) is 27.3. The minimum atomic E-state index is -0.946. The minimum absolute atomic E-state index is 0.0204. The maximum atomic E-state index is 11.6. The summed E-state index contributed by atoms with van der Waals surface area (Å²) < 4.78 is 34.8. The second-order valence-corrected chi connectivity index (χ2v) is 10.6. The van der Waals surface area contributed by atoms with Crippen LogP contribution < -0.4 is 18.9 Å². The SMILES string of the molecule is COc1cc(OC)c2c(O)c3c(c(-c4c(OC)cc(OC)c5c(O)c6c(cc45)[C@H](O)[C@H](C)OC6)c2c1)C[C@H](C)OC3. The average molecular weight is 563 g/mol. The molecule has 0 unspecified atom stereocenters. The van der Waals surface area contributed by atoms with Crippen molar-refractivity contribution in [2.24, 2.45) is 0 Å². The van der Waals surface area contributed by atoms with Gasteiger partial charge < -0.3 is 43.7 Å². The first-order chi connectivity index (χ1) is 19.7. The number of benzene rings is 4. The first-order valence-corrected chi connectivity index (χ1v) is 13.5. The molecule has 0 aromatic heterocycles. The van der Waals surface area contributed by atoms with Crippen LogP contribution in [0.25, 0.3) is 32.7 Å². The van der Waals surface area contributed by atoms with E-state index in [1.807, 2.05) is 19.1 Å². The number of rotatable bonds is 5. The van der Waals surface area contributed by atoms with Crippen molar-refractivity contribution in [3.63, 3.8) is 0 Å². The van der Waals surface area contributed by atoms with Crippen molar-refractivity contribution in [1.29, 1.82) is 0 Å². The van der Waals surface area contributed by atoms with Crippen molar-refractivity contribution in [1.82, 2.24) is 0 Å². The quantitative estimate of drug-likeness (QED) is 0.289. The molecule has 0 saturated carbocycles. The van der Waals surface area contributed by atoms with Gasteiger partial charge in [0.2, 0.25) is 0 Å². The molecular formula is C32H34O9. The predicted molar refractivity (Wildman–Crippen MR) is 154 cm³/mol. The summed E-state index contributed by atoms with van der Waals surface area (Å²) >= 11 is 0. The summed E-state index contributed by atoms with van der Waals surface area (Å²) in [6.45, 7) is 4.15. The van der Waals surface area contributed by atoms with E-state index in [1.165, 1.54) is 7.11 Å². The Hall–Kier alpha value is -3.92. The Morgan fingerprint density at radius 1 is 0.683 bits per heavy atom. The van der Waals surface area contributed by atoms with Gasteiger partial charge in [0.25, 0.3) is 0 Å². The fraction of sp³-hybridized carbons (Fsp3) is 0.375. The van der Waals surface area contributed by atoms with Gasteiger partial charge in [-0.2, -0.15) is 0 Å². The van der Waals surface area contributed by atoms with Gasteiger partial charge in [0.1, 0.15) is 40.6 Å². The van der Waals surface area contributed by atoms with Crippen molar-refractivity contribution < 1.29 is 43.7 Å². The number of hydrogen-bond acceptors (Lipinski definition) is 9. The molecule has 0 aliphatic carbocycles. The average Bonchev–Trinajstić information content (AvgIpc) is 2.98. The van der Waals surface area contributed by atoms with Crippen LogP contribution in [0.4, 0.5) is 0 Å². The number of ether oxygens (including phenoxy) is 6. The molecule has 3 atom stereocenters. The third kappa shape index (κ3) is 4.02.